The maximum Gasteiger partial charge on any atom is 0.390 e. The lowest BCUT2D eigenvalue weighted by Gasteiger charge is -2.37. The maximum atomic E-state index is 12.1. The molecular formula is C10H17BrF3N. The van der Waals surface area contributed by atoms with Crippen LogP contribution < -0.4 is 0 Å². The molecule has 1 saturated carbocycles. The number of hydrogen-bond donors (Lipinski definition) is 0. The molecule has 0 aliphatic heterocycles. The third-order valence-electron chi connectivity index (χ3n) is 2.85. The van der Waals surface area contributed by atoms with Crippen molar-refractivity contribution in [1.29, 1.82) is 0 Å². The molecule has 0 spiro atoms. The quantitative estimate of drug-likeness (QED) is 0.675. The van der Waals surface area contributed by atoms with Crippen molar-refractivity contribution in [2.45, 2.75) is 44.3 Å². The molecule has 1 aliphatic carbocycles. The molecule has 0 aromatic rings. The molecule has 1 aliphatic rings. The molecule has 0 atom stereocenters. The van der Waals surface area contributed by atoms with E-state index in [2.05, 4.69) is 15.9 Å². The van der Waals surface area contributed by atoms with Crippen LogP contribution in [0.4, 0.5) is 13.2 Å². The molecule has 0 bridgehead atoms. The van der Waals surface area contributed by atoms with Crippen molar-refractivity contribution in [1.82, 2.24) is 4.90 Å². The summed E-state index contributed by atoms with van der Waals surface area (Å²) in [6, 6.07) is 0.409. The summed E-state index contributed by atoms with van der Waals surface area (Å²) in [5.74, 6) is 0. The molecule has 1 rings (SSSR count). The molecule has 0 amide bonds. The molecular weight excluding hydrogens is 271 g/mol. The van der Waals surface area contributed by atoms with Crippen molar-refractivity contribution in [2.75, 3.05) is 18.4 Å². The monoisotopic (exact) mass is 287 g/mol. The highest BCUT2D eigenvalue weighted by atomic mass is 79.9. The summed E-state index contributed by atoms with van der Waals surface area (Å²) in [6.07, 6.45) is -0.460. The predicted molar refractivity (Wildman–Crippen MR) is 58.3 cm³/mol. The van der Waals surface area contributed by atoms with Crippen LogP contribution in [0.1, 0.15) is 32.1 Å². The van der Waals surface area contributed by atoms with Gasteiger partial charge in [0.2, 0.25) is 0 Å². The number of alkyl halides is 4. The van der Waals surface area contributed by atoms with Crippen LogP contribution in [0, 0.1) is 0 Å². The molecule has 0 heterocycles. The van der Waals surface area contributed by atoms with E-state index in [1.807, 2.05) is 4.90 Å². The second-order valence-electron chi connectivity index (χ2n) is 4.03. The summed E-state index contributed by atoms with van der Waals surface area (Å²) in [4.78, 5) is 2.00. The number of nitrogens with zero attached hydrogens (tertiary/aromatic N) is 1. The predicted octanol–water partition coefficient (Wildman–Crippen LogP) is 3.58. The van der Waals surface area contributed by atoms with Gasteiger partial charge in [-0.05, 0) is 25.8 Å². The first-order valence-electron chi connectivity index (χ1n) is 5.39. The minimum Gasteiger partial charge on any atom is -0.300 e. The van der Waals surface area contributed by atoms with E-state index in [1.165, 1.54) is 6.42 Å². The smallest absolute Gasteiger partial charge is 0.300 e. The highest BCUT2D eigenvalue weighted by Gasteiger charge is 2.31. The van der Waals surface area contributed by atoms with E-state index in [-0.39, 0.29) is 6.54 Å². The Morgan fingerprint density at radius 3 is 2.27 bits per heavy atom. The van der Waals surface area contributed by atoms with Gasteiger partial charge in [-0.2, -0.15) is 13.2 Å². The Hall–Kier alpha value is 0.230. The Kier molecular flexibility index (Phi) is 5.39. The minimum absolute atomic E-state index is 0.168. The van der Waals surface area contributed by atoms with Gasteiger partial charge in [-0.25, -0.2) is 0 Å². The fourth-order valence-corrected chi connectivity index (χ4v) is 2.01. The molecule has 0 unspecified atom stereocenters. The lowest BCUT2D eigenvalue weighted by Crippen LogP contribution is -2.42. The first kappa shape index (κ1) is 13.3. The standard InChI is InChI=1S/C10H17BrF3N/c11-6-2-7-15(9-3-1-4-9)8-5-10(12,13)14/h9H,1-8H2. The van der Waals surface area contributed by atoms with Gasteiger partial charge in [-0.3, -0.25) is 0 Å². The van der Waals surface area contributed by atoms with Gasteiger partial charge in [0.1, 0.15) is 0 Å². The Bertz CT molecular complexity index is 180. The Morgan fingerprint density at radius 2 is 1.87 bits per heavy atom. The SMILES string of the molecule is FC(F)(F)CCN(CCCBr)C1CCC1. The van der Waals surface area contributed by atoms with Crippen LogP contribution in [-0.2, 0) is 0 Å². The lowest BCUT2D eigenvalue weighted by atomic mass is 9.91. The summed E-state index contributed by atoms with van der Waals surface area (Å²) in [7, 11) is 0. The van der Waals surface area contributed by atoms with Gasteiger partial charge in [0.05, 0.1) is 6.42 Å². The van der Waals surface area contributed by atoms with Gasteiger partial charge in [0.15, 0.2) is 0 Å². The maximum absolute atomic E-state index is 12.1. The highest BCUT2D eigenvalue weighted by Crippen LogP contribution is 2.27. The molecule has 0 aromatic heterocycles. The Morgan fingerprint density at radius 1 is 1.20 bits per heavy atom. The minimum atomic E-state index is -4.02. The van der Waals surface area contributed by atoms with Gasteiger partial charge in [-0.15, -0.1) is 0 Å². The molecule has 0 aromatic carbocycles. The molecule has 15 heavy (non-hydrogen) atoms. The van der Waals surface area contributed by atoms with Gasteiger partial charge in [0, 0.05) is 17.9 Å². The third-order valence-corrected chi connectivity index (χ3v) is 3.41. The zero-order valence-corrected chi connectivity index (χ0v) is 10.3. The van der Waals surface area contributed by atoms with Crippen molar-refractivity contribution in [3.05, 3.63) is 0 Å². The van der Waals surface area contributed by atoms with E-state index >= 15 is 0 Å². The topological polar surface area (TPSA) is 3.24 Å². The summed E-state index contributed by atoms with van der Waals surface area (Å²) in [5.41, 5.74) is 0. The fraction of sp³-hybridized carbons (Fsp3) is 1.00. The lowest BCUT2D eigenvalue weighted by molar-refractivity contribution is -0.140. The molecule has 5 heteroatoms. The molecule has 0 saturated heterocycles. The van der Waals surface area contributed by atoms with Crippen LogP contribution in [0.2, 0.25) is 0 Å². The van der Waals surface area contributed by atoms with E-state index in [0.717, 1.165) is 31.1 Å². The van der Waals surface area contributed by atoms with Crippen LogP contribution in [0.25, 0.3) is 0 Å². The molecule has 90 valence electrons. The van der Waals surface area contributed by atoms with Crippen LogP contribution >= 0.6 is 15.9 Å². The van der Waals surface area contributed by atoms with Gasteiger partial charge in [-0.1, -0.05) is 22.4 Å². The van der Waals surface area contributed by atoms with E-state index in [9.17, 15) is 13.2 Å². The van der Waals surface area contributed by atoms with Gasteiger partial charge < -0.3 is 4.90 Å². The van der Waals surface area contributed by atoms with E-state index < -0.39 is 12.6 Å². The van der Waals surface area contributed by atoms with Crippen LogP contribution in [0.5, 0.6) is 0 Å². The fourth-order valence-electron chi connectivity index (χ4n) is 1.76. The summed E-state index contributed by atoms with van der Waals surface area (Å²) >= 11 is 3.31. The Balaban J connectivity index is 2.28. The summed E-state index contributed by atoms with van der Waals surface area (Å²) in [5, 5.41) is 0.863. The first-order chi connectivity index (χ1) is 7.03. The first-order valence-corrected chi connectivity index (χ1v) is 6.52. The van der Waals surface area contributed by atoms with Crippen molar-refractivity contribution >= 4 is 15.9 Å². The average Bonchev–Trinajstić information content (AvgIpc) is 2.05. The highest BCUT2D eigenvalue weighted by molar-refractivity contribution is 9.09. The van der Waals surface area contributed by atoms with Crippen molar-refractivity contribution < 1.29 is 13.2 Å². The normalized spacial score (nSPS) is 18.2. The number of rotatable bonds is 6. The largest absolute Gasteiger partial charge is 0.390 e. The van der Waals surface area contributed by atoms with E-state index in [0.29, 0.717) is 6.04 Å². The number of hydrogen-bond acceptors (Lipinski definition) is 1. The summed E-state index contributed by atoms with van der Waals surface area (Å²) < 4.78 is 36.3. The molecule has 1 nitrogen and oxygen atoms in total. The molecule has 1 fully saturated rings. The van der Waals surface area contributed by atoms with Crippen LogP contribution in [-0.4, -0.2) is 35.5 Å². The van der Waals surface area contributed by atoms with Crippen LogP contribution in [0.15, 0.2) is 0 Å². The second kappa shape index (κ2) is 6.09. The second-order valence-corrected chi connectivity index (χ2v) is 4.82. The van der Waals surface area contributed by atoms with Gasteiger partial charge in [0.25, 0.3) is 0 Å². The number of halogens is 4. The molecule has 0 radical (unpaired) electrons. The average molecular weight is 288 g/mol. The van der Waals surface area contributed by atoms with E-state index in [4.69, 9.17) is 0 Å². The van der Waals surface area contributed by atoms with Gasteiger partial charge >= 0.3 is 6.18 Å². The molecule has 0 N–H and O–H groups in total. The third kappa shape index (κ3) is 5.20. The van der Waals surface area contributed by atoms with Crippen molar-refractivity contribution in [2.24, 2.45) is 0 Å². The summed E-state index contributed by atoms with van der Waals surface area (Å²) in [6.45, 7) is 0.952. The van der Waals surface area contributed by atoms with Crippen molar-refractivity contribution in [3.63, 3.8) is 0 Å². The van der Waals surface area contributed by atoms with Crippen molar-refractivity contribution in [3.8, 4) is 0 Å². The zero-order valence-electron chi connectivity index (χ0n) is 8.69. The van der Waals surface area contributed by atoms with Crippen LogP contribution in [0.3, 0.4) is 0 Å². The zero-order chi connectivity index (χ0) is 11.3. The Labute approximate surface area is 97.1 Å². The van der Waals surface area contributed by atoms with E-state index in [1.54, 1.807) is 0 Å².